The van der Waals surface area contributed by atoms with Gasteiger partial charge in [-0.05, 0) is 31.5 Å². The van der Waals surface area contributed by atoms with Crippen LogP contribution in [0.5, 0.6) is 0 Å². The van der Waals surface area contributed by atoms with Crippen molar-refractivity contribution in [3.8, 4) is 0 Å². The van der Waals surface area contributed by atoms with Gasteiger partial charge in [0.25, 0.3) is 5.91 Å². The first-order valence-corrected chi connectivity index (χ1v) is 9.53. The van der Waals surface area contributed by atoms with Gasteiger partial charge in [-0.15, -0.1) is 0 Å². The molecule has 2 amide bonds. The van der Waals surface area contributed by atoms with Crippen molar-refractivity contribution < 1.29 is 18.0 Å². The standard InChI is InChI=1S/C16H24N2O4S/c1-5-18(6-2)15(19)11-17(3)16(20)14-9-7-13(8-10-14)12-23(4,21)22/h7-10H,5-6,11-12H2,1-4H3. The van der Waals surface area contributed by atoms with Crippen LogP contribution in [0.2, 0.25) is 0 Å². The second kappa shape index (κ2) is 8.10. The number of sulfone groups is 1. The maximum absolute atomic E-state index is 12.3. The predicted octanol–water partition coefficient (Wildman–Crippen LogP) is 1.17. The molecule has 0 radical (unpaired) electrons. The zero-order chi connectivity index (χ0) is 17.6. The molecule has 0 bridgehead atoms. The van der Waals surface area contributed by atoms with Gasteiger partial charge >= 0.3 is 0 Å². The number of benzene rings is 1. The van der Waals surface area contributed by atoms with Gasteiger partial charge in [0, 0.05) is 32.0 Å². The molecule has 0 aliphatic carbocycles. The number of hydrogen-bond acceptors (Lipinski definition) is 4. The van der Waals surface area contributed by atoms with Gasteiger partial charge < -0.3 is 9.80 Å². The quantitative estimate of drug-likeness (QED) is 0.747. The second-order valence-electron chi connectivity index (χ2n) is 5.49. The van der Waals surface area contributed by atoms with Gasteiger partial charge in [0.05, 0.1) is 12.3 Å². The third kappa shape index (κ3) is 6.02. The van der Waals surface area contributed by atoms with Crippen LogP contribution in [0.4, 0.5) is 0 Å². The monoisotopic (exact) mass is 340 g/mol. The molecule has 23 heavy (non-hydrogen) atoms. The highest BCUT2D eigenvalue weighted by Gasteiger charge is 2.18. The first kappa shape index (κ1) is 19.2. The van der Waals surface area contributed by atoms with Gasteiger partial charge in [-0.2, -0.15) is 0 Å². The highest BCUT2D eigenvalue weighted by atomic mass is 32.2. The Morgan fingerprint density at radius 2 is 1.57 bits per heavy atom. The fraction of sp³-hybridized carbons (Fsp3) is 0.500. The third-order valence-corrected chi connectivity index (χ3v) is 4.32. The van der Waals surface area contributed by atoms with Crippen molar-refractivity contribution in [3.63, 3.8) is 0 Å². The van der Waals surface area contributed by atoms with E-state index in [1.807, 2.05) is 13.8 Å². The molecule has 0 saturated carbocycles. The molecule has 0 heterocycles. The van der Waals surface area contributed by atoms with E-state index in [-0.39, 0.29) is 24.1 Å². The summed E-state index contributed by atoms with van der Waals surface area (Å²) >= 11 is 0. The van der Waals surface area contributed by atoms with Crippen LogP contribution in [-0.4, -0.2) is 63.0 Å². The highest BCUT2D eigenvalue weighted by molar-refractivity contribution is 7.89. The molecule has 0 aliphatic heterocycles. The van der Waals surface area contributed by atoms with Crippen LogP contribution in [0.1, 0.15) is 29.8 Å². The molecule has 1 rings (SSSR count). The van der Waals surface area contributed by atoms with Gasteiger partial charge in [0.15, 0.2) is 9.84 Å². The van der Waals surface area contributed by atoms with Crippen LogP contribution in [0.15, 0.2) is 24.3 Å². The number of carbonyl (C=O) groups is 2. The Labute approximate surface area is 138 Å². The van der Waals surface area contributed by atoms with Crippen LogP contribution >= 0.6 is 0 Å². The lowest BCUT2D eigenvalue weighted by atomic mass is 10.1. The van der Waals surface area contributed by atoms with E-state index in [0.717, 1.165) is 0 Å². The van der Waals surface area contributed by atoms with Crippen molar-refractivity contribution in [2.75, 3.05) is 32.9 Å². The van der Waals surface area contributed by atoms with E-state index in [1.54, 1.807) is 36.2 Å². The van der Waals surface area contributed by atoms with Crippen molar-refractivity contribution >= 4 is 21.7 Å². The minimum atomic E-state index is -3.10. The van der Waals surface area contributed by atoms with Gasteiger partial charge in [-0.3, -0.25) is 9.59 Å². The molecular formula is C16H24N2O4S. The summed E-state index contributed by atoms with van der Waals surface area (Å²) in [4.78, 5) is 27.4. The van der Waals surface area contributed by atoms with E-state index < -0.39 is 9.84 Å². The number of amides is 2. The minimum absolute atomic E-state index is 0.0194. The molecule has 6 nitrogen and oxygen atoms in total. The average Bonchev–Trinajstić information content (AvgIpc) is 2.46. The van der Waals surface area contributed by atoms with Crippen molar-refractivity contribution in [1.29, 1.82) is 0 Å². The topological polar surface area (TPSA) is 74.8 Å². The van der Waals surface area contributed by atoms with E-state index >= 15 is 0 Å². The average molecular weight is 340 g/mol. The van der Waals surface area contributed by atoms with Crippen LogP contribution in [0, 0.1) is 0 Å². The Balaban J connectivity index is 2.75. The van der Waals surface area contributed by atoms with E-state index in [9.17, 15) is 18.0 Å². The fourth-order valence-electron chi connectivity index (χ4n) is 2.22. The third-order valence-electron chi connectivity index (χ3n) is 3.47. The van der Waals surface area contributed by atoms with Crippen LogP contribution in [-0.2, 0) is 20.4 Å². The zero-order valence-electron chi connectivity index (χ0n) is 14.1. The molecule has 0 spiro atoms. The largest absolute Gasteiger partial charge is 0.342 e. The summed E-state index contributed by atoms with van der Waals surface area (Å²) in [6, 6.07) is 6.41. The number of hydrogen-bond donors (Lipinski definition) is 0. The number of carbonyl (C=O) groups excluding carboxylic acids is 2. The lowest BCUT2D eigenvalue weighted by Crippen LogP contribution is -2.41. The summed E-state index contributed by atoms with van der Waals surface area (Å²) in [6.45, 7) is 5.02. The van der Waals surface area contributed by atoms with Gasteiger partial charge in [0.2, 0.25) is 5.91 Å². The second-order valence-corrected chi connectivity index (χ2v) is 7.63. The zero-order valence-corrected chi connectivity index (χ0v) is 14.9. The molecule has 128 valence electrons. The number of nitrogens with zero attached hydrogens (tertiary/aromatic N) is 2. The van der Waals surface area contributed by atoms with E-state index in [1.165, 1.54) is 11.2 Å². The van der Waals surface area contributed by atoms with Crippen LogP contribution < -0.4 is 0 Å². The molecule has 0 atom stereocenters. The summed E-state index contributed by atoms with van der Waals surface area (Å²) < 4.78 is 22.5. The smallest absolute Gasteiger partial charge is 0.254 e. The molecule has 0 aromatic heterocycles. The SMILES string of the molecule is CCN(CC)C(=O)CN(C)C(=O)c1ccc(CS(C)(=O)=O)cc1. The normalized spacial score (nSPS) is 11.1. The van der Waals surface area contributed by atoms with Crippen molar-refractivity contribution in [2.24, 2.45) is 0 Å². The molecule has 0 saturated heterocycles. The van der Waals surface area contributed by atoms with Crippen molar-refractivity contribution in [3.05, 3.63) is 35.4 Å². The van der Waals surface area contributed by atoms with Gasteiger partial charge in [-0.1, -0.05) is 12.1 Å². The lowest BCUT2D eigenvalue weighted by molar-refractivity contribution is -0.131. The Morgan fingerprint density at radius 3 is 2.00 bits per heavy atom. The summed E-state index contributed by atoms with van der Waals surface area (Å²) in [6.07, 6.45) is 1.17. The molecule has 7 heteroatoms. The first-order valence-electron chi connectivity index (χ1n) is 7.47. The molecule has 0 aliphatic rings. The Hall–Kier alpha value is -1.89. The molecule has 0 unspecified atom stereocenters. The fourth-order valence-corrected chi connectivity index (χ4v) is 3.02. The van der Waals surface area contributed by atoms with Gasteiger partial charge in [0.1, 0.15) is 0 Å². The van der Waals surface area contributed by atoms with Crippen LogP contribution in [0.25, 0.3) is 0 Å². The Bertz CT molecular complexity index is 649. The maximum atomic E-state index is 12.3. The lowest BCUT2D eigenvalue weighted by Gasteiger charge is -2.23. The predicted molar refractivity (Wildman–Crippen MR) is 89.9 cm³/mol. The Kier molecular flexibility index (Phi) is 6.75. The Morgan fingerprint density at radius 1 is 1.04 bits per heavy atom. The maximum Gasteiger partial charge on any atom is 0.254 e. The summed E-state index contributed by atoms with van der Waals surface area (Å²) in [5.74, 6) is -0.423. The minimum Gasteiger partial charge on any atom is -0.342 e. The summed E-state index contributed by atoms with van der Waals surface area (Å²) in [5, 5.41) is 0. The molecule has 0 fully saturated rings. The summed E-state index contributed by atoms with van der Waals surface area (Å²) in [7, 11) is -1.53. The van der Waals surface area contributed by atoms with E-state index in [4.69, 9.17) is 0 Å². The van der Waals surface area contributed by atoms with Crippen molar-refractivity contribution in [1.82, 2.24) is 9.80 Å². The number of likely N-dealkylation sites (N-methyl/N-ethyl adjacent to an activating group) is 2. The summed E-state index contributed by atoms with van der Waals surface area (Å²) in [5.41, 5.74) is 1.06. The van der Waals surface area contributed by atoms with E-state index in [2.05, 4.69) is 0 Å². The first-order chi connectivity index (χ1) is 10.7. The van der Waals surface area contributed by atoms with E-state index in [0.29, 0.717) is 24.2 Å². The molecular weight excluding hydrogens is 316 g/mol. The molecule has 0 N–H and O–H groups in total. The molecule has 1 aromatic rings. The van der Waals surface area contributed by atoms with Crippen LogP contribution in [0.3, 0.4) is 0 Å². The highest BCUT2D eigenvalue weighted by Crippen LogP contribution is 2.10. The molecule has 1 aromatic carbocycles. The number of rotatable bonds is 7. The van der Waals surface area contributed by atoms with Gasteiger partial charge in [-0.25, -0.2) is 8.42 Å². The van der Waals surface area contributed by atoms with Crippen molar-refractivity contribution in [2.45, 2.75) is 19.6 Å².